The van der Waals surface area contributed by atoms with Gasteiger partial charge in [-0.05, 0) is 31.9 Å². The third kappa shape index (κ3) is 7.06. The maximum absolute atomic E-state index is 12.8. The van der Waals surface area contributed by atoms with Crippen LogP contribution < -0.4 is 4.74 Å². The molecule has 0 N–H and O–H groups in total. The normalized spacial score (nSPS) is 15.6. The highest BCUT2D eigenvalue weighted by molar-refractivity contribution is 5.79. The third-order valence-corrected chi connectivity index (χ3v) is 4.80. The minimum Gasteiger partial charge on any atom is -0.484 e. The van der Waals surface area contributed by atoms with E-state index in [4.69, 9.17) is 9.47 Å². The molecule has 144 valence electrons. The number of hydrogen-bond acceptors (Lipinski definition) is 4. The fourth-order valence-electron chi connectivity index (χ4n) is 3.45. The number of carbonyl (C=O) groups excluding carboxylic acids is 2. The van der Waals surface area contributed by atoms with Crippen LogP contribution in [-0.2, 0) is 14.3 Å². The Morgan fingerprint density at radius 2 is 1.69 bits per heavy atom. The topological polar surface area (TPSA) is 55.8 Å². The minimum absolute atomic E-state index is 0.00331. The Balaban J connectivity index is 1.97. The Bertz CT molecular complexity index is 538. The van der Waals surface area contributed by atoms with Gasteiger partial charge < -0.3 is 14.4 Å². The van der Waals surface area contributed by atoms with Crippen LogP contribution in [0.3, 0.4) is 0 Å². The molecule has 0 spiro atoms. The zero-order valence-electron chi connectivity index (χ0n) is 15.8. The summed E-state index contributed by atoms with van der Waals surface area (Å²) >= 11 is 0. The lowest BCUT2D eigenvalue weighted by molar-refractivity contribution is -0.145. The number of para-hydroxylation sites is 1. The number of carbonyl (C=O) groups is 2. The maximum atomic E-state index is 12.8. The van der Waals surface area contributed by atoms with Crippen molar-refractivity contribution in [3.63, 3.8) is 0 Å². The molecule has 1 saturated carbocycles. The van der Waals surface area contributed by atoms with Crippen molar-refractivity contribution in [2.75, 3.05) is 19.8 Å². The molecule has 1 aromatic carbocycles. The summed E-state index contributed by atoms with van der Waals surface area (Å²) in [6.07, 6.45) is 8.22. The van der Waals surface area contributed by atoms with Crippen LogP contribution in [-0.4, -0.2) is 42.6 Å². The van der Waals surface area contributed by atoms with E-state index in [0.717, 1.165) is 25.7 Å². The van der Waals surface area contributed by atoms with Crippen molar-refractivity contribution in [2.45, 2.75) is 64.3 Å². The van der Waals surface area contributed by atoms with Gasteiger partial charge in [0.25, 0.3) is 5.91 Å². The summed E-state index contributed by atoms with van der Waals surface area (Å²) in [5, 5.41) is 0. The van der Waals surface area contributed by atoms with Crippen molar-refractivity contribution >= 4 is 11.9 Å². The van der Waals surface area contributed by atoms with Gasteiger partial charge in [0.1, 0.15) is 5.75 Å². The van der Waals surface area contributed by atoms with Gasteiger partial charge in [0.05, 0.1) is 13.0 Å². The number of amides is 1. The van der Waals surface area contributed by atoms with Crippen molar-refractivity contribution in [1.82, 2.24) is 4.90 Å². The highest BCUT2D eigenvalue weighted by atomic mass is 16.5. The molecule has 26 heavy (non-hydrogen) atoms. The SMILES string of the molecule is CCOC(=O)CCN(C(=O)COc1ccccc1)C1CCCCCCC1. The number of nitrogens with zero attached hydrogens (tertiary/aromatic N) is 1. The lowest BCUT2D eigenvalue weighted by Gasteiger charge is -2.33. The molecule has 0 saturated heterocycles. The van der Waals surface area contributed by atoms with Crippen LogP contribution in [0.5, 0.6) is 5.75 Å². The summed E-state index contributed by atoms with van der Waals surface area (Å²) in [4.78, 5) is 26.4. The number of esters is 1. The fourth-order valence-corrected chi connectivity index (χ4v) is 3.45. The Hall–Kier alpha value is -2.04. The molecule has 0 aliphatic heterocycles. The molecule has 0 heterocycles. The fraction of sp³-hybridized carbons (Fsp3) is 0.619. The first-order valence-corrected chi connectivity index (χ1v) is 9.83. The van der Waals surface area contributed by atoms with Crippen molar-refractivity contribution in [3.8, 4) is 5.75 Å². The van der Waals surface area contributed by atoms with Gasteiger partial charge in [0.15, 0.2) is 6.61 Å². The third-order valence-electron chi connectivity index (χ3n) is 4.80. The number of ether oxygens (including phenoxy) is 2. The predicted molar refractivity (Wildman–Crippen MR) is 101 cm³/mol. The standard InChI is InChI=1S/C21H31NO4/c1-2-25-21(24)15-16-22(18-11-7-4-3-5-8-12-18)20(23)17-26-19-13-9-6-10-14-19/h6,9-10,13-14,18H,2-5,7-8,11-12,15-17H2,1H3. The van der Waals surface area contributed by atoms with Gasteiger partial charge in [-0.3, -0.25) is 9.59 Å². The largest absolute Gasteiger partial charge is 0.484 e. The van der Waals surface area contributed by atoms with Gasteiger partial charge in [-0.15, -0.1) is 0 Å². The second-order valence-corrected chi connectivity index (χ2v) is 6.74. The molecule has 0 radical (unpaired) electrons. The van der Waals surface area contributed by atoms with Crippen LogP contribution in [0, 0.1) is 0 Å². The molecule has 0 bridgehead atoms. The lowest BCUT2D eigenvalue weighted by Crippen LogP contribution is -2.44. The summed E-state index contributed by atoms with van der Waals surface area (Å²) in [7, 11) is 0. The molecular weight excluding hydrogens is 330 g/mol. The molecule has 0 atom stereocenters. The molecule has 0 aromatic heterocycles. The quantitative estimate of drug-likeness (QED) is 0.658. The van der Waals surface area contributed by atoms with Gasteiger partial charge in [0, 0.05) is 12.6 Å². The van der Waals surface area contributed by atoms with E-state index in [1.54, 1.807) is 6.92 Å². The summed E-state index contributed by atoms with van der Waals surface area (Å²) in [6, 6.07) is 9.55. The smallest absolute Gasteiger partial charge is 0.307 e. The molecule has 1 amide bonds. The average Bonchev–Trinajstić information content (AvgIpc) is 2.62. The Morgan fingerprint density at radius 3 is 2.35 bits per heavy atom. The van der Waals surface area contributed by atoms with Gasteiger partial charge in [-0.1, -0.05) is 50.3 Å². The van der Waals surface area contributed by atoms with E-state index in [-0.39, 0.29) is 30.9 Å². The van der Waals surface area contributed by atoms with Crippen LogP contribution in [0.2, 0.25) is 0 Å². The predicted octanol–water partition coefficient (Wildman–Crippen LogP) is 3.96. The summed E-state index contributed by atoms with van der Waals surface area (Å²) in [5.74, 6) is 0.382. The average molecular weight is 361 g/mol. The van der Waals surface area contributed by atoms with Crippen LogP contribution >= 0.6 is 0 Å². The first-order valence-electron chi connectivity index (χ1n) is 9.83. The number of hydrogen-bond donors (Lipinski definition) is 0. The van der Waals surface area contributed by atoms with E-state index in [0.29, 0.717) is 18.9 Å². The summed E-state index contributed by atoms with van der Waals surface area (Å²) in [5.41, 5.74) is 0. The first-order chi connectivity index (χ1) is 12.7. The lowest BCUT2D eigenvalue weighted by atomic mass is 9.95. The van der Waals surface area contributed by atoms with E-state index in [1.165, 1.54) is 19.3 Å². The molecule has 1 aliphatic carbocycles. The van der Waals surface area contributed by atoms with Crippen molar-refractivity contribution < 1.29 is 19.1 Å². The number of benzene rings is 1. The van der Waals surface area contributed by atoms with Crippen LogP contribution in [0.1, 0.15) is 58.3 Å². The van der Waals surface area contributed by atoms with Gasteiger partial charge in [0.2, 0.25) is 0 Å². The van der Waals surface area contributed by atoms with E-state index in [1.807, 2.05) is 35.2 Å². The minimum atomic E-state index is -0.250. The van der Waals surface area contributed by atoms with Crippen LogP contribution in [0.4, 0.5) is 0 Å². The van der Waals surface area contributed by atoms with Crippen molar-refractivity contribution in [2.24, 2.45) is 0 Å². The summed E-state index contributed by atoms with van der Waals surface area (Å²) < 4.78 is 10.7. The van der Waals surface area contributed by atoms with Gasteiger partial charge in [-0.25, -0.2) is 0 Å². The van der Waals surface area contributed by atoms with Crippen molar-refractivity contribution in [3.05, 3.63) is 30.3 Å². The highest BCUT2D eigenvalue weighted by Gasteiger charge is 2.25. The Morgan fingerprint density at radius 1 is 1.04 bits per heavy atom. The number of rotatable bonds is 8. The molecule has 0 unspecified atom stereocenters. The zero-order valence-corrected chi connectivity index (χ0v) is 15.8. The highest BCUT2D eigenvalue weighted by Crippen LogP contribution is 2.22. The second kappa shape index (κ2) is 11.6. The molecule has 5 nitrogen and oxygen atoms in total. The summed E-state index contributed by atoms with van der Waals surface area (Å²) in [6.45, 7) is 2.57. The Kier molecular flexibility index (Phi) is 9.01. The van der Waals surface area contributed by atoms with Crippen LogP contribution in [0.15, 0.2) is 30.3 Å². The molecule has 5 heteroatoms. The van der Waals surface area contributed by atoms with E-state index < -0.39 is 0 Å². The van der Waals surface area contributed by atoms with E-state index >= 15 is 0 Å². The molecule has 1 aromatic rings. The molecule has 2 rings (SSSR count). The van der Waals surface area contributed by atoms with Gasteiger partial charge in [-0.2, -0.15) is 0 Å². The Labute approximate surface area is 156 Å². The molecular formula is C21H31NO4. The molecule has 1 fully saturated rings. The van der Waals surface area contributed by atoms with Crippen molar-refractivity contribution in [1.29, 1.82) is 0 Å². The van der Waals surface area contributed by atoms with Crippen LogP contribution in [0.25, 0.3) is 0 Å². The zero-order chi connectivity index (χ0) is 18.6. The van der Waals surface area contributed by atoms with E-state index in [9.17, 15) is 9.59 Å². The molecule has 1 aliphatic rings. The van der Waals surface area contributed by atoms with E-state index in [2.05, 4.69) is 0 Å². The first kappa shape index (κ1) is 20.3. The second-order valence-electron chi connectivity index (χ2n) is 6.74. The van der Waals surface area contributed by atoms with Gasteiger partial charge >= 0.3 is 5.97 Å². The maximum Gasteiger partial charge on any atom is 0.307 e. The monoisotopic (exact) mass is 361 g/mol.